The van der Waals surface area contributed by atoms with Crippen molar-refractivity contribution in [1.29, 1.82) is 0 Å². The Hall–Kier alpha value is -2.42. The second-order valence-electron chi connectivity index (χ2n) is 11.0. The van der Waals surface area contributed by atoms with E-state index < -0.39 is 0 Å². The summed E-state index contributed by atoms with van der Waals surface area (Å²) in [5, 5.41) is 11.0. The van der Waals surface area contributed by atoms with E-state index in [0.29, 0.717) is 0 Å². The molecule has 4 aromatic carbocycles. The van der Waals surface area contributed by atoms with Gasteiger partial charge in [-0.3, -0.25) is 0 Å². The van der Waals surface area contributed by atoms with E-state index in [2.05, 4.69) is 74.5 Å². The van der Waals surface area contributed by atoms with Gasteiger partial charge in [0.05, 0.1) is 0 Å². The summed E-state index contributed by atoms with van der Waals surface area (Å²) < 4.78 is 2.82. The molecule has 0 nitrogen and oxygen atoms in total. The Labute approximate surface area is 229 Å². The van der Waals surface area contributed by atoms with Crippen LogP contribution in [0, 0.1) is 6.92 Å². The normalized spacial score (nSPS) is 12.2. The minimum Gasteiger partial charge on any atom is -0.141 e. The van der Waals surface area contributed by atoms with Crippen molar-refractivity contribution in [3.8, 4) is 0 Å². The van der Waals surface area contributed by atoms with Gasteiger partial charge in [-0.05, 0) is 99.3 Å². The van der Waals surface area contributed by atoms with E-state index in [1.54, 1.807) is 4.88 Å². The third-order valence-electron chi connectivity index (χ3n) is 8.06. The van der Waals surface area contributed by atoms with Gasteiger partial charge in [0, 0.05) is 19.2 Å². The van der Waals surface area contributed by atoms with Gasteiger partial charge in [0.1, 0.15) is 0 Å². The number of rotatable bonds is 11. The molecule has 2 aromatic heterocycles. The highest BCUT2D eigenvalue weighted by Crippen LogP contribution is 2.38. The lowest BCUT2D eigenvalue weighted by Gasteiger charge is -2.08. The fraction of sp³-hybridized carbons (Fsp3) is 0.371. The first-order chi connectivity index (χ1) is 18.2. The second kappa shape index (κ2) is 11.1. The van der Waals surface area contributed by atoms with Crippen molar-refractivity contribution in [3.05, 3.63) is 70.4 Å². The van der Waals surface area contributed by atoms with Gasteiger partial charge in [-0.15, -0.1) is 22.7 Å². The summed E-state index contributed by atoms with van der Waals surface area (Å²) in [7, 11) is 0. The lowest BCUT2D eigenvalue weighted by molar-refractivity contribution is 0.557. The summed E-state index contributed by atoms with van der Waals surface area (Å²) in [5.41, 5.74) is 0. The van der Waals surface area contributed by atoms with E-state index in [-0.39, 0.29) is 0 Å². The number of benzene rings is 4. The molecule has 0 spiro atoms. The molecule has 0 saturated heterocycles. The zero-order valence-corrected chi connectivity index (χ0v) is 24.0. The summed E-state index contributed by atoms with van der Waals surface area (Å²) in [6.07, 6.45) is 15.3. The fourth-order valence-electron chi connectivity index (χ4n) is 6.04. The van der Waals surface area contributed by atoms with Gasteiger partial charge >= 0.3 is 0 Å². The van der Waals surface area contributed by atoms with Crippen LogP contribution in [0.3, 0.4) is 0 Å². The minimum atomic E-state index is 1.23. The van der Waals surface area contributed by atoms with E-state index in [0.717, 1.165) is 0 Å². The van der Waals surface area contributed by atoms with Crippen molar-refractivity contribution in [1.82, 2.24) is 0 Å². The summed E-state index contributed by atoms with van der Waals surface area (Å²) in [6.45, 7) is 4.50. The Balaban J connectivity index is 1.18. The number of unbranched alkanes of at least 4 members (excludes halogenated alkanes) is 9. The van der Waals surface area contributed by atoms with Crippen molar-refractivity contribution in [2.75, 3.05) is 0 Å². The molecule has 190 valence electrons. The van der Waals surface area contributed by atoms with Crippen LogP contribution in [0.2, 0.25) is 0 Å². The van der Waals surface area contributed by atoms with E-state index in [9.17, 15) is 0 Å². The molecule has 0 atom stereocenters. The van der Waals surface area contributed by atoms with Crippen LogP contribution >= 0.6 is 22.7 Å². The lowest BCUT2D eigenvalue weighted by atomic mass is 9.96. The van der Waals surface area contributed by atoms with E-state index in [4.69, 9.17) is 0 Å². The molecule has 2 heteroatoms. The van der Waals surface area contributed by atoms with Gasteiger partial charge in [0.2, 0.25) is 0 Å². The molecule has 37 heavy (non-hydrogen) atoms. The van der Waals surface area contributed by atoms with Crippen molar-refractivity contribution < 1.29 is 0 Å². The topological polar surface area (TPSA) is 0 Å². The van der Waals surface area contributed by atoms with E-state index in [1.165, 1.54) is 128 Å². The Bertz CT molecular complexity index is 1680. The van der Waals surface area contributed by atoms with Crippen LogP contribution in [0.1, 0.15) is 80.9 Å². The molecule has 0 N–H and O–H groups in total. The highest BCUT2D eigenvalue weighted by Gasteiger charge is 2.10. The van der Waals surface area contributed by atoms with Crippen molar-refractivity contribution in [3.63, 3.8) is 0 Å². The lowest BCUT2D eigenvalue weighted by Crippen LogP contribution is -1.84. The smallest absolute Gasteiger partial charge is 0.0352 e. The maximum absolute atomic E-state index is 2.46. The number of hydrogen-bond donors (Lipinski definition) is 0. The van der Waals surface area contributed by atoms with Crippen LogP contribution in [-0.4, -0.2) is 0 Å². The van der Waals surface area contributed by atoms with Crippen LogP contribution in [0.4, 0.5) is 0 Å². The summed E-state index contributed by atoms with van der Waals surface area (Å²) in [6, 6.07) is 23.8. The number of fused-ring (bicyclic) bond motifs is 7. The van der Waals surface area contributed by atoms with Crippen LogP contribution < -0.4 is 0 Å². The van der Waals surface area contributed by atoms with Gasteiger partial charge in [0.25, 0.3) is 0 Å². The van der Waals surface area contributed by atoms with Crippen molar-refractivity contribution in [2.24, 2.45) is 0 Å². The maximum Gasteiger partial charge on any atom is 0.0352 e. The first kappa shape index (κ1) is 24.9. The molecular weight excluding hydrogens is 485 g/mol. The first-order valence-corrected chi connectivity index (χ1v) is 16.0. The standard InChI is InChI=1S/C35H38S2/c1-3-4-5-6-7-8-9-10-11-12-13-29-19-28-21-33-26(23-35(28)37-29)15-17-30-31(33)16-14-25-22-34-27(20-32(25)30)18-24(2)36-34/h14-23H,3-13H2,1-2H3. The zero-order valence-electron chi connectivity index (χ0n) is 22.4. The highest BCUT2D eigenvalue weighted by atomic mass is 32.1. The summed E-state index contributed by atoms with van der Waals surface area (Å²) in [4.78, 5) is 2.93. The number of aryl methyl sites for hydroxylation is 2. The number of hydrogen-bond acceptors (Lipinski definition) is 2. The predicted molar refractivity (Wildman–Crippen MR) is 170 cm³/mol. The van der Waals surface area contributed by atoms with Crippen LogP contribution in [0.25, 0.3) is 52.5 Å². The van der Waals surface area contributed by atoms with Gasteiger partial charge < -0.3 is 0 Å². The van der Waals surface area contributed by atoms with Crippen molar-refractivity contribution >= 4 is 75.2 Å². The van der Waals surface area contributed by atoms with Crippen LogP contribution in [0.5, 0.6) is 0 Å². The van der Waals surface area contributed by atoms with Gasteiger partial charge in [-0.25, -0.2) is 0 Å². The fourth-order valence-corrected chi connectivity index (χ4v) is 8.13. The molecule has 0 aliphatic carbocycles. The average Bonchev–Trinajstić information content (AvgIpc) is 3.47. The highest BCUT2D eigenvalue weighted by molar-refractivity contribution is 7.19. The third kappa shape index (κ3) is 5.29. The van der Waals surface area contributed by atoms with Gasteiger partial charge in [0.15, 0.2) is 0 Å². The van der Waals surface area contributed by atoms with Crippen LogP contribution in [0.15, 0.2) is 60.7 Å². The van der Waals surface area contributed by atoms with Crippen LogP contribution in [-0.2, 0) is 6.42 Å². The number of thiophene rings is 2. The molecule has 0 saturated carbocycles. The molecule has 0 fully saturated rings. The zero-order chi connectivity index (χ0) is 25.2. The molecule has 6 aromatic rings. The summed E-state index contributed by atoms with van der Waals surface area (Å²) >= 11 is 3.90. The Morgan fingerprint density at radius 1 is 0.486 bits per heavy atom. The quantitative estimate of drug-likeness (QED) is 0.117. The molecule has 0 unspecified atom stereocenters. The van der Waals surface area contributed by atoms with Crippen molar-refractivity contribution in [2.45, 2.75) is 84.5 Å². The molecule has 6 rings (SSSR count). The largest absolute Gasteiger partial charge is 0.141 e. The SMILES string of the molecule is CCCCCCCCCCCCc1cc2cc3c(ccc4c5cc6cc(C)sc6cc5ccc34)cc2s1. The van der Waals surface area contributed by atoms with Gasteiger partial charge in [-0.1, -0.05) is 89.0 Å². The maximum atomic E-state index is 2.46. The molecule has 2 heterocycles. The molecule has 0 amide bonds. The summed E-state index contributed by atoms with van der Waals surface area (Å²) in [5.74, 6) is 0. The Morgan fingerprint density at radius 3 is 1.65 bits per heavy atom. The van der Waals surface area contributed by atoms with E-state index in [1.807, 2.05) is 22.7 Å². The second-order valence-corrected chi connectivity index (χ2v) is 13.4. The molecule has 0 bridgehead atoms. The monoisotopic (exact) mass is 522 g/mol. The average molecular weight is 523 g/mol. The third-order valence-corrected chi connectivity index (χ3v) is 10.2. The van der Waals surface area contributed by atoms with Gasteiger partial charge in [-0.2, -0.15) is 0 Å². The molecule has 0 aliphatic heterocycles. The molecule has 0 radical (unpaired) electrons. The van der Waals surface area contributed by atoms with E-state index >= 15 is 0 Å². The Morgan fingerprint density at radius 2 is 1.03 bits per heavy atom. The Kier molecular flexibility index (Phi) is 7.49. The minimum absolute atomic E-state index is 1.23. The molecule has 0 aliphatic rings. The molecular formula is C35H38S2. The predicted octanol–water partition coefficient (Wildman–Crippen LogP) is 12.3. The first-order valence-electron chi connectivity index (χ1n) is 14.4.